The van der Waals surface area contributed by atoms with Crippen LogP contribution in [0.2, 0.25) is 0 Å². The maximum Gasteiger partial charge on any atom is 0.407 e. The Labute approximate surface area is 195 Å². The number of methoxy groups -OCH3 is 1. The fraction of sp³-hybridized carbons (Fsp3) is 0.350. The lowest BCUT2D eigenvalue weighted by Gasteiger charge is -2.26. The van der Waals surface area contributed by atoms with Crippen molar-refractivity contribution in [3.05, 3.63) is 58.6 Å². The van der Waals surface area contributed by atoms with Gasteiger partial charge in [-0.2, -0.15) is 22.3 Å². The highest BCUT2D eigenvalue weighted by atomic mass is 32.2. The topological polar surface area (TPSA) is 142 Å². The number of amides is 2. The smallest absolute Gasteiger partial charge is 0.407 e. The molecular weight excluding hydrogens is 505 g/mol. The van der Waals surface area contributed by atoms with E-state index in [9.17, 15) is 45.2 Å². The first kappa shape index (κ1) is 26.1. The number of primary amides is 1. The number of hydrogen-bond donors (Lipinski definition) is 2. The van der Waals surface area contributed by atoms with Crippen LogP contribution in [0.15, 0.2) is 30.5 Å². The maximum atomic E-state index is 14.3. The van der Waals surface area contributed by atoms with E-state index in [1.54, 1.807) is 0 Å². The molecule has 35 heavy (non-hydrogen) atoms. The third kappa shape index (κ3) is 4.13. The molecule has 1 aliphatic rings. The number of nitrogens with one attached hydrogen (secondary N) is 1. The molecule has 1 saturated heterocycles. The molecule has 3 atom stereocenters. The average molecular weight is 523 g/mol. The monoisotopic (exact) mass is 523 g/mol. The zero-order chi connectivity index (χ0) is 26.5. The van der Waals surface area contributed by atoms with Gasteiger partial charge >= 0.3 is 12.1 Å². The average Bonchev–Trinajstić information content (AvgIpc) is 2.97. The predicted molar refractivity (Wildman–Crippen MR) is 110 cm³/mol. The Balaban J connectivity index is 2.17. The lowest BCUT2D eigenvalue weighted by molar-refractivity contribution is -0.607. The van der Waals surface area contributed by atoms with Gasteiger partial charge in [-0.25, -0.2) is 12.8 Å². The summed E-state index contributed by atoms with van der Waals surface area (Å²) < 4.78 is 97.5. The molecule has 9 nitrogen and oxygen atoms in total. The quantitative estimate of drug-likeness (QED) is 0.349. The third-order valence-corrected chi connectivity index (χ3v) is 8.78. The molecule has 0 aliphatic carbocycles. The molecule has 2 heterocycles. The van der Waals surface area contributed by atoms with Crippen molar-refractivity contribution in [3.63, 3.8) is 0 Å². The van der Waals surface area contributed by atoms with E-state index in [2.05, 4.69) is 5.32 Å². The number of ether oxygens (including phenoxy) is 1. The first-order valence-electron chi connectivity index (χ1n) is 9.72. The van der Waals surface area contributed by atoms with Crippen molar-refractivity contribution in [1.29, 1.82) is 0 Å². The number of nitrogens with two attached hydrogens (primary N) is 1. The van der Waals surface area contributed by atoms with E-state index in [1.807, 2.05) is 0 Å². The standard InChI is InChI=1S/C20H18F5N3O6S/c1-19(20(23,24)25)8-11(10-3-4-12(21)14(22)15(10)34-2)16(35(19,32)33)18(30)27-9-5-6-28(31)13(7-9)17(26)29/h3-7,11,16H,8H2,1-2H3,(H2,26,29)(H,27,30)/t11-,16+,19+/m0/s1. The molecule has 1 fully saturated rings. The minimum atomic E-state index is -5.35. The number of hydrogen-bond acceptors (Lipinski definition) is 6. The molecule has 190 valence electrons. The molecule has 1 aromatic carbocycles. The summed E-state index contributed by atoms with van der Waals surface area (Å²) in [6.07, 6.45) is -5.76. The van der Waals surface area contributed by atoms with Gasteiger partial charge in [-0.1, -0.05) is 6.07 Å². The number of aromatic nitrogens is 1. The Bertz CT molecular complexity index is 1320. The Morgan fingerprint density at radius 2 is 1.89 bits per heavy atom. The van der Waals surface area contributed by atoms with Crippen LogP contribution in [0, 0.1) is 16.8 Å². The summed E-state index contributed by atoms with van der Waals surface area (Å²) >= 11 is 0. The van der Waals surface area contributed by atoms with Crippen molar-refractivity contribution in [2.24, 2.45) is 5.73 Å². The second-order valence-electron chi connectivity index (χ2n) is 7.97. The number of nitrogens with zero attached hydrogens (tertiary/aromatic N) is 1. The zero-order valence-corrected chi connectivity index (χ0v) is 18.8. The zero-order valence-electron chi connectivity index (χ0n) is 18.0. The Morgan fingerprint density at radius 1 is 1.26 bits per heavy atom. The van der Waals surface area contributed by atoms with Crippen molar-refractivity contribution in [1.82, 2.24) is 0 Å². The molecular formula is C20H18F5N3O6S. The molecule has 0 radical (unpaired) electrons. The Morgan fingerprint density at radius 3 is 2.43 bits per heavy atom. The summed E-state index contributed by atoms with van der Waals surface area (Å²) in [5.74, 6) is -8.29. The minimum Gasteiger partial charge on any atom is -0.618 e. The summed E-state index contributed by atoms with van der Waals surface area (Å²) in [4.78, 5) is 24.4. The molecule has 2 amide bonds. The molecule has 0 unspecified atom stereocenters. The van der Waals surface area contributed by atoms with Crippen molar-refractivity contribution in [3.8, 4) is 5.75 Å². The van der Waals surface area contributed by atoms with Crippen LogP contribution in [0.25, 0.3) is 0 Å². The number of carbonyl (C=O) groups is 2. The molecule has 0 saturated carbocycles. The first-order valence-corrected chi connectivity index (χ1v) is 11.3. The number of alkyl halides is 3. The van der Waals surface area contributed by atoms with Crippen LogP contribution in [-0.4, -0.2) is 43.5 Å². The van der Waals surface area contributed by atoms with E-state index in [-0.39, 0.29) is 10.4 Å². The number of anilines is 1. The highest BCUT2D eigenvalue weighted by Gasteiger charge is 2.70. The predicted octanol–water partition coefficient (Wildman–Crippen LogP) is 1.94. The van der Waals surface area contributed by atoms with E-state index in [0.717, 1.165) is 31.5 Å². The van der Waals surface area contributed by atoms with Crippen LogP contribution >= 0.6 is 0 Å². The number of sulfone groups is 1. The van der Waals surface area contributed by atoms with E-state index < -0.39 is 78.8 Å². The van der Waals surface area contributed by atoms with Gasteiger partial charge in [0.1, 0.15) is 5.25 Å². The minimum absolute atomic E-state index is 0.0555. The van der Waals surface area contributed by atoms with Crippen LogP contribution in [0.4, 0.5) is 27.6 Å². The summed E-state index contributed by atoms with van der Waals surface area (Å²) in [6, 6.07) is 3.16. The van der Waals surface area contributed by atoms with E-state index in [1.165, 1.54) is 0 Å². The number of carbonyl (C=O) groups excluding carboxylic acids is 2. The molecule has 0 spiro atoms. The van der Waals surface area contributed by atoms with E-state index in [0.29, 0.717) is 13.0 Å². The van der Waals surface area contributed by atoms with Crippen LogP contribution in [0.5, 0.6) is 5.75 Å². The number of rotatable bonds is 5. The maximum absolute atomic E-state index is 14.3. The van der Waals surface area contributed by atoms with Gasteiger partial charge in [-0.15, -0.1) is 0 Å². The Hall–Kier alpha value is -3.49. The summed E-state index contributed by atoms with van der Waals surface area (Å²) in [6.45, 7) is 0.392. The SMILES string of the molecule is COc1c([C@@H]2C[C@](C)(C(F)(F)F)S(=O)(=O)[C@H]2C(=O)Nc2cc[n+]([O-])c(C(N)=O)c2)ccc(F)c1F. The lowest BCUT2D eigenvalue weighted by Crippen LogP contribution is -2.49. The second kappa shape index (κ2) is 8.62. The fourth-order valence-corrected chi connectivity index (χ4v) is 6.33. The van der Waals surface area contributed by atoms with E-state index >= 15 is 0 Å². The molecule has 2 aromatic rings. The van der Waals surface area contributed by atoms with Crippen molar-refractivity contribution >= 4 is 27.3 Å². The number of pyridine rings is 1. The van der Waals surface area contributed by atoms with Gasteiger partial charge in [0.2, 0.25) is 11.7 Å². The van der Waals surface area contributed by atoms with Gasteiger partial charge < -0.3 is 21.0 Å². The van der Waals surface area contributed by atoms with E-state index in [4.69, 9.17) is 10.5 Å². The molecule has 1 aromatic heterocycles. The highest BCUT2D eigenvalue weighted by Crippen LogP contribution is 2.55. The molecule has 1 aliphatic heterocycles. The molecule has 0 bridgehead atoms. The van der Waals surface area contributed by atoms with Crippen molar-refractivity contribution in [2.45, 2.75) is 35.4 Å². The van der Waals surface area contributed by atoms with Gasteiger partial charge in [0.25, 0.3) is 5.69 Å². The summed E-state index contributed by atoms with van der Waals surface area (Å²) in [7, 11) is -4.45. The Kier molecular flexibility index (Phi) is 6.44. The number of halogens is 5. The fourth-order valence-electron chi connectivity index (χ4n) is 4.02. The normalized spacial score (nSPS) is 23.6. The van der Waals surface area contributed by atoms with Crippen LogP contribution in [0.3, 0.4) is 0 Å². The van der Waals surface area contributed by atoms with Gasteiger partial charge in [0.05, 0.1) is 12.8 Å². The van der Waals surface area contributed by atoms with Crippen LogP contribution < -0.4 is 20.5 Å². The van der Waals surface area contributed by atoms with Gasteiger partial charge in [0, 0.05) is 23.6 Å². The van der Waals surface area contributed by atoms with Crippen LogP contribution in [-0.2, 0) is 14.6 Å². The van der Waals surface area contributed by atoms with Crippen molar-refractivity contribution in [2.75, 3.05) is 12.4 Å². The first-order chi connectivity index (χ1) is 16.1. The van der Waals surface area contributed by atoms with Crippen molar-refractivity contribution < 1.29 is 49.4 Å². The second-order valence-corrected chi connectivity index (χ2v) is 10.5. The van der Waals surface area contributed by atoms with Gasteiger partial charge in [-0.3, -0.25) is 9.59 Å². The van der Waals surface area contributed by atoms with Gasteiger partial charge in [-0.05, 0) is 19.4 Å². The summed E-state index contributed by atoms with van der Waals surface area (Å²) in [5, 5.41) is 11.3. The molecule has 3 N–H and O–H groups in total. The third-order valence-electron chi connectivity index (χ3n) is 5.92. The summed E-state index contributed by atoms with van der Waals surface area (Å²) in [5.41, 5.74) is 3.62. The lowest BCUT2D eigenvalue weighted by atomic mass is 9.85. The largest absolute Gasteiger partial charge is 0.618 e. The molecule has 3 rings (SSSR count). The highest BCUT2D eigenvalue weighted by molar-refractivity contribution is 7.94. The molecule has 15 heteroatoms. The number of benzene rings is 1. The van der Waals surface area contributed by atoms with Crippen LogP contribution in [0.1, 0.15) is 35.3 Å². The van der Waals surface area contributed by atoms with Gasteiger partial charge in [0.15, 0.2) is 32.3 Å².